The lowest BCUT2D eigenvalue weighted by Gasteiger charge is -2.39. The molecule has 0 aromatic heterocycles. The molecule has 1 saturated heterocycles. The maximum atomic E-state index is 13.1. The summed E-state index contributed by atoms with van der Waals surface area (Å²) in [5.41, 5.74) is 0.684. The molecular weight excluding hydrogens is 326 g/mol. The molecule has 1 aliphatic heterocycles. The minimum absolute atomic E-state index is 0.214. The summed E-state index contributed by atoms with van der Waals surface area (Å²) in [5, 5.41) is 10.7. The summed E-state index contributed by atoms with van der Waals surface area (Å²) in [6.45, 7) is 1.25. The standard InChI is InChI=1S/C16H17F4N3O/c17-12-4-2-11(3-5-12)13-6-9-23(8-1-7-21)10-14(13)22-15(24)16(18,19)20/h2-5,13-14H,1,6,8-10H2,(H,22,24). The number of alkyl halides is 3. The van der Waals surface area contributed by atoms with Gasteiger partial charge in [0.1, 0.15) is 5.82 Å². The number of nitrogens with zero attached hydrogens (tertiary/aromatic N) is 2. The number of carbonyl (C=O) groups excluding carboxylic acids is 1. The normalized spacial score (nSPS) is 22.0. The summed E-state index contributed by atoms with van der Waals surface area (Å²) in [7, 11) is 0. The molecule has 2 rings (SSSR count). The van der Waals surface area contributed by atoms with Gasteiger partial charge in [-0.1, -0.05) is 12.1 Å². The Kier molecular flexibility index (Phi) is 5.78. The SMILES string of the molecule is N#CCCN1CCC(c2ccc(F)cc2)C(NC(=O)C(F)(F)F)C1. The first-order valence-corrected chi connectivity index (χ1v) is 7.53. The number of amides is 1. The fraction of sp³-hybridized carbons (Fsp3) is 0.500. The van der Waals surface area contributed by atoms with E-state index in [1.54, 1.807) is 0 Å². The Hall–Kier alpha value is -2.14. The van der Waals surface area contributed by atoms with Crippen LogP contribution in [0.5, 0.6) is 0 Å². The second-order valence-corrected chi connectivity index (χ2v) is 5.73. The van der Waals surface area contributed by atoms with Crippen LogP contribution in [0.2, 0.25) is 0 Å². The minimum atomic E-state index is -4.96. The molecule has 1 amide bonds. The quantitative estimate of drug-likeness (QED) is 0.855. The van der Waals surface area contributed by atoms with Crippen LogP contribution in [0, 0.1) is 17.1 Å². The summed E-state index contributed by atoms with van der Waals surface area (Å²) in [6, 6.07) is 6.79. The van der Waals surface area contributed by atoms with Gasteiger partial charge >= 0.3 is 12.1 Å². The number of halogens is 4. The van der Waals surface area contributed by atoms with Gasteiger partial charge in [0.05, 0.1) is 6.07 Å². The number of rotatable bonds is 4. The first-order chi connectivity index (χ1) is 11.3. The third-order valence-corrected chi connectivity index (χ3v) is 4.11. The number of hydrogen-bond donors (Lipinski definition) is 1. The summed E-state index contributed by atoms with van der Waals surface area (Å²) in [4.78, 5) is 13.2. The summed E-state index contributed by atoms with van der Waals surface area (Å²) < 4.78 is 50.8. The van der Waals surface area contributed by atoms with Crippen molar-refractivity contribution in [3.05, 3.63) is 35.6 Å². The molecule has 1 heterocycles. The van der Waals surface area contributed by atoms with Crippen molar-refractivity contribution in [1.29, 1.82) is 5.26 Å². The Morgan fingerprint density at radius 3 is 2.58 bits per heavy atom. The van der Waals surface area contributed by atoms with Crippen LogP contribution in [-0.4, -0.2) is 42.7 Å². The van der Waals surface area contributed by atoms with E-state index in [0.717, 1.165) is 0 Å². The number of carbonyl (C=O) groups is 1. The fourth-order valence-corrected chi connectivity index (χ4v) is 2.94. The molecule has 1 aliphatic rings. The number of piperidine rings is 1. The molecule has 0 bridgehead atoms. The van der Waals surface area contributed by atoms with Crippen LogP contribution in [-0.2, 0) is 4.79 Å². The Bertz CT molecular complexity index is 609. The molecule has 0 spiro atoms. The van der Waals surface area contributed by atoms with E-state index in [4.69, 9.17) is 5.26 Å². The Morgan fingerprint density at radius 2 is 2.00 bits per heavy atom. The van der Waals surface area contributed by atoms with Crippen molar-refractivity contribution >= 4 is 5.91 Å². The van der Waals surface area contributed by atoms with Crippen molar-refractivity contribution in [3.8, 4) is 6.07 Å². The molecule has 4 nitrogen and oxygen atoms in total. The molecule has 8 heteroatoms. The third-order valence-electron chi connectivity index (χ3n) is 4.11. The molecule has 1 N–H and O–H groups in total. The van der Waals surface area contributed by atoms with Crippen molar-refractivity contribution in [2.45, 2.75) is 31.0 Å². The van der Waals surface area contributed by atoms with Gasteiger partial charge in [0.15, 0.2) is 0 Å². The predicted molar refractivity (Wildman–Crippen MR) is 78.4 cm³/mol. The third kappa shape index (κ3) is 4.68. The van der Waals surface area contributed by atoms with Crippen LogP contribution in [0.25, 0.3) is 0 Å². The van der Waals surface area contributed by atoms with Gasteiger partial charge in [-0.2, -0.15) is 18.4 Å². The summed E-state index contributed by atoms with van der Waals surface area (Å²) in [6.07, 6.45) is -4.18. The Balaban J connectivity index is 2.16. The fourth-order valence-electron chi connectivity index (χ4n) is 2.94. The zero-order valence-electron chi connectivity index (χ0n) is 12.8. The van der Waals surface area contributed by atoms with Gasteiger partial charge in [0.25, 0.3) is 0 Å². The molecule has 2 unspecified atom stereocenters. The van der Waals surface area contributed by atoms with E-state index in [9.17, 15) is 22.4 Å². The van der Waals surface area contributed by atoms with Crippen molar-refractivity contribution in [3.63, 3.8) is 0 Å². The molecule has 130 valence electrons. The number of nitrogens with one attached hydrogen (secondary N) is 1. The number of likely N-dealkylation sites (tertiary alicyclic amines) is 1. The number of nitriles is 1. The maximum Gasteiger partial charge on any atom is 0.471 e. The van der Waals surface area contributed by atoms with Crippen molar-refractivity contribution in [1.82, 2.24) is 10.2 Å². The summed E-state index contributed by atoms with van der Waals surface area (Å²) >= 11 is 0. The van der Waals surface area contributed by atoms with E-state index >= 15 is 0 Å². The molecule has 1 aromatic rings. The largest absolute Gasteiger partial charge is 0.471 e. The van der Waals surface area contributed by atoms with Crippen LogP contribution in [0.15, 0.2) is 24.3 Å². The zero-order valence-corrected chi connectivity index (χ0v) is 12.8. The summed E-state index contributed by atoms with van der Waals surface area (Å²) in [5.74, 6) is -2.75. The van der Waals surface area contributed by atoms with E-state index in [2.05, 4.69) is 0 Å². The average molecular weight is 343 g/mol. The molecule has 0 saturated carbocycles. The molecule has 2 atom stereocenters. The van der Waals surface area contributed by atoms with Gasteiger partial charge in [0, 0.05) is 31.5 Å². The lowest BCUT2D eigenvalue weighted by molar-refractivity contribution is -0.174. The molecule has 24 heavy (non-hydrogen) atoms. The lowest BCUT2D eigenvalue weighted by atomic mass is 9.85. The first-order valence-electron chi connectivity index (χ1n) is 7.53. The Labute approximate surface area is 137 Å². The second kappa shape index (κ2) is 7.62. The van der Waals surface area contributed by atoms with Crippen LogP contribution in [0.1, 0.15) is 24.3 Å². The van der Waals surface area contributed by atoms with Crippen LogP contribution in [0.3, 0.4) is 0 Å². The van der Waals surface area contributed by atoms with Gasteiger partial charge in [-0.15, -0.1) is 0 Å². The highest BCUT2D eigenvalue weighted by molar-refractivity contribution is 5.82. The lowest BCUT2D eigenvalue weighted by Crippen LogP contribution is -2.54. The number of benzene rings is 1. The topological polar surface area (TPSA) is 56.1 Å². The molecule has 1 fully saturated rings. The highest BCUT2D eigenvalue weighted by Crippen LogP contribution is 2.29. The van der Waals surface area contributed by atoms with E-state index in [0.29, 0.717) is 25.1 Å². The highest BCUT2D eigenvalue weighted by atomic mass is 19.4. The maximum absolute atomic E-state index is 13.1. The highest BCUT2D eigenvalue weighted by Gasteiger charge is 2.42. The smallest absolute Gasteiger partial charge is 0.344 e. The van der Waals surface area contributed by atoms with E-state index in [-0.39, 0.29) is 18.9 Å². The average Bonchev–Trinajstić information content (AvgIpc) is 2.53. The van der Waals surface area contributed by atoms with Gasteiger partial charge in [0.2, 0.25) is 0 Å². The number of hydrogen-bond acceptors (Lipinski definition) is 3. The first kappa shape index (κ1) is 18.2. The van der Waals surface area contributed by atoms with Crippen LogP contribution < -0.4 is 5.32 Å². The van der Waals surface area contributed by atoms with Gasteiger partial charge in [-0.05, 0) is 30.7 Å². The van der Waals surface area contributed by atoms with E-state index < -0.39 is 23.9 Å². The zero-order chi connectivity index (χ0) is 17.7. The van der Waals surface area contributed by atoms with Gasteiger partial charge in [-0.3, -0.25) is 4.79 Å². The minimum Gasteiger partial charge on any atom is -0.344 e. The Morgan fingerprint density at radius 1 is 1.33 bits per heavy atom. The predicted octanol–water partition coefficient (Wildman–Crippen LogP) is 2.58. The molecule has 1 aromatic carbocycles. The van der Waals surface area contributed by atoms with E-state index in [1.165, 1.54) is 24.3 Å². The van der Waals surface area contributed by atoms with Crippen LogP contribution in [0.4, 0.5) is 17.6 Å². The molecular formula is C16H17F4N3O. The van der Waals surface area contributed by atoms with Gasteiger partial charge in [-0.25, -0.2) is 4.39 Å². The van der Waals surface area contributed by atoms with Gasteiger partial charge < -0.3 is 10.2 Å². The monoisotopic (exact) mass is 343 g/mol. The van der Waals surface area contributed by atoms with Crippen molar-refractivity contribution in [2.24, 2.45) is 0 Å². The van der Waals surface area contributed by atoms with Crippen LogP contribution >= 0.6 is 0 Å². The van der Waals surface area contributed by atoms with Crippen molar-refractivity contribution in [2.75, 3.05) is 19.6 Å². The molecule has 0 aliphatic carbocycles. The van der Waals surface area contributed by atoms with Crippen molar-refractivity contribution < 1.29 is 22.4 Å². The van der Waals surface area contributed by atoms with E-state index in [1.807, 2.05) is 16.3 Å². The second-order valence-electron chi connectivity index (χ2n) is 5.73. The molecule has 0 radical (unpaired) electrons.